The molecule has 0 spiro atoms. The first kappa shape index (κ1) is 23.9. The van der Waals surface area contributed by atoms with E-state index in [9.17, 15) is 0 Å². The Bertz CT molecular complexity index is 322. The second-order valence-corrected chi connectivity index (χ2v) is 6.67. The van der Waals surface area contributed by atoms with Crippen LogP contribution in [0.3, 0.4) is 0 Å². The van der Waals surface area contributed by atoms with E-state index in [0.29, 0.717) is 5.92 Å². The Kier molecular flexibility index (Phi) is 15.1. The first-order valence-corrected chi connectivity index (χ1v) is 9.58. The zero-order chi connectivity index (χ0) is 16.9. The summed E-state index contributed by atoms with van der Waals surface area (Å²) in [7, 11) is 0. The zero-order valence-electron chi connectivity index (χ0n) is 15.9. The number of rotatable bonds is 10. The number of nitrogens with zero attached hydrogens (tertiary/aromatic N) is 2. The van der Waals surface area contributed by atoms with Crippen LogP contribution in [-0.4, -0.2) is 61.8 Å². The number of aliphatic imine (C=N–C) groups is 1. The molecule has 1 rings (SSSR count). The minimum atomic E-state index is 0. The Hall–Kier alpha value is -0.0800. The summed E-state index contributed by atoms with van der Waals surface area (Å²) in [6.07, 6.45) is 5.76. The second-order valence-electron chi connectivity index (χ2n) is 6.67. The SMILES string of the molecule is CCCC(CCO)CN=C(NCC)NCC1CCCN(CC)C1.I. The number of piperidine rings is 1. The van der Waals surface area contributed by atoms with Crippen molar-refractivity contribution >= 4 is 29.9 Å². The third-order valence-corrected chi connectivity index (χ3v) is 4.69. The number of aliphatic hydroxyl groups excluding tert-OH is 1. The normalized spacial score (nSPS) is 20.3. The highest BCUT2D eigenvalue weighted by molar-refractivity contribution is 14.0. The molecule has 0 aromatic rings. The Balaban J connectivity index is 0.00000529. The van der Waals surface area contributed by atoms with Crippen LogP contribution in [0.15, 0.2) is 4.99 Å². The summed E-state index contributed by atoms with van der Waals surface area (Å²) >= 11 is 0. The van der Waals surface area contributed by atoms with Gasteiger partial charge in [0.2, 0.25) is 0 Å². The summed E-state index contributed by atoms with van der Waals surface area (Å²) in [4.78, 5) is 7.28. The van der Waals surface area contributed by atoms with Gasteiger partial charge in [0.25, 0.3) is 0 Å². The van der Waals surface area contributed by atoms with Crippen molar-refractivity contribution in [3.8, 4) is 0 Å². The summed E-state index contributed by atoms with van der Waals surface area (Å²) in [6, 6.07) is 0. The summed E-state index contributed by atoms with van der Waals surface area (Å²) in [5, 5.41) is 16.0. The maximum atomic E-state index is 9.17. The van der Waals surface area contributed by atoms with Gasteiger partial charge < -0.3 is 20.6 Å². The van der Waals surface area contributed by atoms with Gasteiger partial charge in [0.1, 0.15) is 0 Å². The molecule has 1 fully saturated rings. The lowest BCUT2D eigenvalue weighted by Gasteiger charge is -2.32. The quantitative estimate of drug-likeness (QED) is 0.270. The van der Waals surface area contributed by atoms with E-state index in [1.807, 2.05) is 0 Å². The molecule has 144 valence electrons. The number of aliphatic hydroxyl groups is 1. The molecule has 5 nitrogen and oxygen atoms in total. The molecule has 2 unspecified atom stereocenters. The van der Waals surface area contributed by atoms with Gasteiger partial charge in [-0.05, 0) is 57.5 Å². The van der Waals surface area contributed by atoms with Gasteiger partial charge in [-0.15, -0.1) is 24.0 Å². The number of halogens is 1. The van der Waals surface area contributed by atoms with Gasteiger partial charge in [-0.25, -0.2) is 0 Å². The first-order chi connectivity index (χ1) is 11.2. The molecule has 1 aliphatic heterocycles. The Morgan fingerprint density at radius 2 is 2.04 bits per heavy atom. The predicted octanol–water partition coefficient (Wildman–Crippen LogP) is 2.69. The van der Waals surface area contributed by atoms with E-state index >= 15 is 0 Å². The molecule has 24 heavy (non-hydrogen) atoms. The lowest BCUT2D eigenvalue weighted by Crippen LogP contribution is -2.44. The molecule has 1 saturated heterocycles. The van der Waals surface area contributed by atoms with Crippen molar-refractivity contribution in [1.82, 2.24) is 15.5 Å². The van der Waals surface area contributed by atoms with E-state index in [2.05, 4.69) is 36.3 Å². The van der Waals surface area contributed by atoms with E-state index in [0.717, 1.165) is 57.3 Å². The van der Waals surface area contributed by atoms with Crippen molar-refractivity contribution in [2.45, 2.75) is 52.9 Å². The summed E-state index contributed by atoms with van der Waals surface area (Å²) in [5.74, 6) is 2.14. The molecule has 0 radical (unpaired) electrons. The fraction of sp³-hybridized carbons (Fsp3) is 0.944. The van der Waals surface area contributed by atoms with Crippen molar-refractivity contribution in [2.75, 3.05) is 45.9 Å². The highest BCUT2D eigenvalue weighted by atomic mass is 127. The van der Waals surface area contributed by atoms with E-state index in [1.54, 1.807) is 0 Å². The van der Waals surface area contributed by atoms with E-state index in [-0.39, 0.29) is 30.6 Å². The predicted molar refractivity (Wildman–Crippen MR) is 114 cm³/mol. The maximum Gasteiger partial charge on any atom is 0.191 e. The van der Waals surface area contributed by atoms with Crippen LogP contribution < -0.4 is 10.6 Å². The van der Waals surface area contributed by atoms with E-state index in [1.165, 1.54) is 25.9 Å². The molecule has 1 heterocycles. The van der Waals surface area contributed by atoms with Crippen molar-refractivity contribution in [3.63, 3.8) is 0 Å². The molecule has 0 aliphatic carbocycles. The molecule has 3 N–H and O–H groups in total. The third-order valence-electron chi connectivity index (χ3n) is 4.69. The largest absolute Gasteiger partial charge is 0.396 e. The van der Waals surface area contributed by atoms with Crippen molar-refractivity contribution in [2.24, 2.45) is 16.8 Å². The number of likely N-dealkylation sites (tertiary alicyclic amines) is 1. The number of nitrogens with one attached hydrogen (secondary N) is 2. The Morgan fingerprint density at radius 3 is 2.67 bits per heavy atom. The van der Waals surface area contributed by atoms with Gasteiger partial charge in [-0.1, -0.05) is 20.3 Å². The van der Waals surface area contributed by atoms with Crippen LogP contribution >= 0.6 is 24.0 Å². The van der Waals surface area contributed by atoms with Crippen LogP contribution in [0, 0.1) is 11.8 Å². The zero-order valence-corrected chi connectivity index (χ0v) is 18.2. The molecule has 1 aliphatic rings. The van der Waals surface area contributed by atoms with Crippen molar-refractivity contribution in [3.05, 3.63) is 0 Å². The van der Waals surface area contributed by atoms with Crippen LogP contribution in [0.25, 0.3) is 0 Å². The van der Waals surface area contributed by atoms with Crippen molar-refractivity contribution in [1.29, 1.82) is 0 Å². The smallest absolute Gasteiger partial charge is 0.191 e. The fourth-order valence-corrected chi connectivity index (χ4v) is 3.33. The minimum absolute atomic E-state index is 0. The lowest BCUT2D eigenvalue weighted by molar-refractivity contribution is 0.183. The summed E-state index contributed by atoms with van der Waals surface area (Å²) in [6.45, 7) is 13.1. The van der Waals surface area contributed by atoms with Crippen LogP contribution in [0.2, 0.25) is 0 Å². The maximum absolute atomic E-state index is 9.17. The van der Waals surface area contributed by atoms with Gasteiger partial charge >= 0.3 is 0 Å². The molecule has 0 bridgehead atoms. The Labute approximate surface area is 166 Å². The minimum Gasteiger partial charge on any atom is -0.396 e. The van der Waals surface area contributed by atoms with Crippen LogP contribution in [0.1, 0.15) is 52.9 Å². The molecule has 2 atom stereocenters. The van der Waals surface area contributed by atoms with Crippen molar-refractivity contribution < 1.29 is 5.11 Å². The number of guanidine groups is 1. The average molecular weight is 454 g/mol. The number of hydrogen-bond acceptors (Lipinski definition) is 3. The topological polar surface area (TPSA) is 59.9 Å². The van der Waals surface area contributed by atoms with Crippen LogP contribution in [0.5, 0.6) is 0 Å². The van der Waals surface area contributed by atoms with Gasteiger partial charge in [-0.3, -0.25) is 4.99 Å². The molecular formula is C18H39IN4O. The molecule has 0 amide bonds. The van der Waals surface area contributed by atoms with Crippen LogP contribution in [-0.2, 0) is 0 Å². The molecule has 0 aromatic carbocycles. The summed E-state index contributed by atoms with van der Waals surface area (Å²) < 4.78 is 0. The van der Waals surface area contributed by atoms with Gasteiger partial charge in [-0.2, -0.15) is 0 Å². The summed E-state index contributed by atoms with van der Waals surface area (Å²) in [5.41, 5.74) is 0. The molecule has 6 heteroatoms. The molecule has 0 saturated carbocycles. The second kappa shape index (κ2) is 15.2. The number of hydrogen-bond donors (Lipinski definition) is 3. The fourth-order valence-electron chi connectivity index (χ4n) is 3.33. The average Bonchev–Trinajstić information content (AvgIpc) is 2.57. The first-order valence-electron chi connectivity index (χ1n) is 9.58. The highest BCUT2D eigenvalue weighted by Crippen LogP contribution is 2.15. The van der Waals surface area contributed by atoms with Gasteiger partial charge in [0.05, 0.1) is 0 Å². The Morgan fingerprint density at radius 1 is 1.25 bits per heavy atom. The van der Waals surface area contributed by atoms with Crippen LogP contribution in [0.4, 0.5) is 0 Å². The van der Waals surface area contributed by atoms with E-state index in [4.69, 9.17) is 10.1 Å². The van der Waals surface area contributed by atoms with E-state index < -0.39 is 0 Å². The third kappa shape index (κ3) is 10.0. The molecule has 0 aromatic heterocycles. The molecular weight excluding hydrogens is 415 g/mol. The van der Waals surface area contributed by atoms with Gasteiger partial charge in [0.15, 0.2) is 5.96 Å². The standard InChI is InChI=1S/C18H38N4O.HI/c1-4-8-16(10-12-23)13-20-18(19-5-2)21-14-17-9-7-11-22(6-3)15-17;/h16-17,23H,4-15H2,1-3H3,(H2,19,20,21);1H. The lowest BCUT2D eigenvalue weighted by atomic mass is 9.98. The van der Waals surface area contributed by atoms with Gasteiger partial charge in [0, 0.05) is 32.8 Å². The monoisotopic (exact) mass is 454 g/mol. The highest BCUT2D eigenvalue weighted by Gasteiger charge is 2.18.